The van der Waals surface area contributed by atoms with Gasteiger partial charge in [-0.25, -0.2) is 0 Å². The van der Waals surface area contributed by atoms with E-state index < -0.39 is 0 Å². The van der Waals surface area contributed by atoms with Crippen LogP contribution in [0.25, 0.3) is 44.2 Å². The van der Waals surface area contributed by atoms with Crippen LogP contribution in [0.5, 0.6) is 0 Å². The summed E-state index contributed by atoms with van der Waals surface area (Å²) < 4.78 is 6.70. The quantitative estimate of drug-likeness (QED) is 0.185. The maximum absolute atomic E-state index is 6.70. The molecule has 1 heterocycles. The van der Waals surface area contributed by atoms with Crippen molar-refractivity contribution in [2.24, 2.45) is 0 Å². The third-order valence-electron chi connectivity index (χ3n) is 12.1. The molecule has 2 heteroatoms. The van der Waals surface area contributed by atoms with Crippen molar-refractivity contribution >= 4 is 39.0 Å². The minimum atomic E-state index is -0.105. The topological polar surface area (TPSA) is 16.4 Å². The monoisotopic (exact) mass is 679 g/mol. The lowest BCUT2D eigenvalue weighted by Crippen LogP contribution is -2.18. The van der Waals surface area contributed by atoms with Gasteiger partial charge < -0.3 is 9.32 Å². The molecule has 1 aromatic heterocycles. The Kier molecular flexibility index (Phi) is 6.77. The number of anilines is 3. The average Bonchev–Trinajstić information content (AvgIpc) is 3.67. The van der Waals surface area contributed by atoms with E-state index in [1.54, 1.807) is 0 Å². The summed E-state index contributed by atoms with van der Waals surface area (Å²) in [5.74, 6) is 0. The molecule has 0 fully saturated rings. The van der Waals surface area contributed by atoms with E-state index in [0.717, 1.165) is 33.6 Å². The van der Waals surface area contributed by atoms with Gasteiger partial charge in [-0.1, -0.05) is 136 Å². The van der Waals surface area contributed by atoms with E-state index in [2.05, 4.69) is 189 Å². The second-order valence-electron chi connectivity index (χ2n) is 18.3. The molecule has 0 radical (unpaired) electrons. The first-order valence-electron chi connectivity index (χ1n) is 18.9. The molecule has 0 amide bonds. The molecule has 0 saturated carbocycles. The molecule has 0 saturated heterocycles. The van der Waals surface area contributed by atoms with Gasteiger partial charge in [-0.3, -0.25) is 0 Å². The molecule has 0 bridgehead atoms. The van der Waals surface area contributed by atoms with Crippen LogP contribution in [0.3, 0.4) is 0 Å². The zero-order valence-electron chi connectivity index (χ0n) is 32.3. The zero-order valence-corrected chi connectivity index (χ0v) is 32.3. The van der Waals surface area contributed by atoms with Crippen molar-refractivity contribution in [1.29, 1.82) is 0 Å². The molecule has 0 spiro atoms. The predicted molar refractivity (Wildman–Crippen MR) is 221 cm³/mol. The van der Waals surface area contributed by atoms with Gasteiger partial charge >= 0.3 is 0 Å². The van der Waals surface area contributed by atoms with Crippen LogP contribution >= 0.6 is 0 Å². The van der Waals surface area contributed by atoms with E-state index in [9.17, 15) is 0 Å². The van der Waals surface area contributed by atoms with Crippen molar-refractivity contribution in [3.05, 3.63) is 149 Å². The number of hydrogen-bond acceptors (Lipinski definition) is 2. The Bertz CT molecular complexity index is 2490. The van der Waals surface area contributed by atoms with Gasteiger partial charge in [-0.15, -0.1) is 0 Å². The first-order chi connectivity index (χ1) is 24.5. The van der Waals surface area contributed by atoms with Gasteiger partial charge in [0.25, 0.3) is 0 Å². The fourth-order valence-corrected chi connectivity index (χ4v) is 9.17. The van der Waals surface area contributed by atoms with Crippen LogP contribution in [0.2, 0.25) is 0 Å². The summed E-state index contributed by atoms with van der Waals surface area (Å²) in [4.78, 5) is 2.47. The zero-order chi connectivity index (χ0) is 36.5. The van der Waals surface area contributed by atoms with E-state index >= 15 is 0 Å². The van der Waals surface area contributed by atoms with Crippen molar-refractivity contribution in [1.82, 2.24) is 0 Å². The van der Waals surface area contributed by atoms with E-state index in [4.69, 9.17) is 4.42 Å². The lowest BCUT2D eigenvalue weighted by atomic mass is 9.79. The van der Waals surface area contributed by atoms with Crippen LogP contribution in [0, 0.1) is 0 Å². The molecule has 52 heavy (non-hydrogen) atoms. The molecular weight excluding hydrogens is 631 g/mol. The first kappa shape index (κ1) is 32.8. The van der Waals surface area contributed by atoms with Crippen LogP contribution in [0.4, 0.5) is 17.1 Å². The summed E-state index contributed by atoms with van der Waals surface area (Å²) in [7, 11) is 0. The molecule has 0 aliphatic heterocycles. The van der Waals surface area contributed by atoms with Crippen molar-refractivity contribution in [2.75, 3.05) is 4.90 Å². The molecule has 0 unspecified atom stereocenters. The Morgan fingerprint density at radius 3 is 1.46 bits per heavy atom. The number of furan rings is 1. The molecule has 2 aliphatic carbocycles. The number of nitrogens with zero attached hydrogens (tertiary/aromatic N) is 1. The van der Waals surface area contributed by atoms with Crippen molar-refractivity contribution in [3.63, 3.8) is 0 Å². The summed E-state index contributed by atoms with van der Waals surface area (Å²) >= 11 is 0. The summed E-state index contributed by atoms with van der Waals surface area (Å²) in [5, 5.41) is 2.37. The molecule has 0 atom stereocenters. The summed E-state index contributed by atoms with van der Waals surface area (Å²) in [6.07, 6.45) is 0. The van der Waals surface area contributed by atoms with Crippen LogP contribution in [-0.4, -0.2) is 0 Å². The third-order valence-corrected chi connectivity index (χ3v) is 12.1. The maximum atomic E-state index is 6.70. The van der Waals surface area contributed by atoms with E-state index in [1.165, 1.54) is 61.0 Å². The normalized spacial score (nSPS) is 15.4. The predicted octanol–water partition coefficient (Wildman–Crippen LogP) is 14.3. The van der Waals surface area contributed by atoms with Gasteiger partial charge in [0.15, 0.2) is 0 Å². The Labute approximate surface area is 309 Å². The SMILES string of the molecule is CC(C)(C)c1cc(C(C)(C)C)c2c(c1)oc1ccc(N(c3ccc4c(c3)C(C)(C)c3ccccc3-4)c3ccc4c(c3)C(C)(C)c3ccccc3-4)cc12. The lowest BCUT2D eigenvalue weighted by Gasteiger charge is -2.30. The molecular formula is C50H49NO. The standard InChI is InChI=1S/C50H49NO/c1-47(2,3)30-25-43(48(4,5)6)46-38-27-31(21-24-44(38)52-45(46)26-30)51(32-19-22-36-34-15-11-13-17-39(34)49(7,8)41(36)28-32)33-20-23-37-35-16-12-14-18-40(35)50(9,10)42(37)29-33/h11-29H,1-10H3. The summed E-state index contributed by atoms with van der Waals surface area (Å²) in [6, 6.07) is 43.5. The maximum Gasteiger partial charge on any atom is 0.136 e. The van der Waals surface area contributed by atoms with E-state index in [-0.39, 0.29) is 21.7 Å². The van der Waals surface area contributed by atoms with Crippen molar-refractivity contribution in [2.45, 2.75) is 90.9 Å². The Morgan fingerprint density at radius 1 is 0.462 bits per heavy atom. The van der Waals surface area contributed by atoms with Gasteiger partial charge in [-0.2, -0.15) is 0 Å². The van der Waals surface area contributed by atoms with Crippen LogP contribution in [0.1, 0.15) is 103 Å². The minimum Gasteiger partial charge on any atom is -0.456 e. The molecule has 9 rings (SSSR count). The second-order valence-corrected chi connectivity index (χ2v) is 18.3. The van der Waals surface area contributed by atoms with Gasteiger partial charge in [0.1, 0.15) is 11.2 Å². The Morgan fingerprint density at radius 2 is 0.942 bits per heavy atom. The highest BCUT2D eigenvalue weighted by Gasteiger charge is 2.38. The smallest absolute Gasteiger partial charge is 0.136 e. The highest BCUT2D eigenvalue weighted by Crippen LogP contribution is 2.53. The first-order valence-corrected chi connectivity index (χ1v) is 18.9. The van der Waals surface area contributed by atoms with Crippen LogP contribution in [-0.2, 0) is 21.7 Å². The highest BCUT2D eigenvalue weighted by molar-refractivity contribution is 6.09. The fraction of sp³-hybridized carbons (Fsp3) is 0.280. The van der Waals surface area contributed by atoms with Crippen LogP contribution in [0.15, 0.2) is 120 Å². The molecule has 6 aromatic carbocycles. The second kappa shape index (κ2) is 10.7. The van der Waals surface area contributed by atoms with E-state index in [1.807, 2.05) is 0 Å². The number of fused-ring (bicyclic) bond motifs is 9. The minimum absolute atomic E-state index is 0.0110. The lowest BCUT2D eigenvalue weighted by molar-refractivity contribution is 0.569. The molecule has 0 N–H and O–H groups in total. The number of rotatable bonds is 3. The van der Waals surface area contributed by atoms with Gasteiger partial charge in [0.2, 0.25) is 0 Å². The van der Waals surface area contributed by atoms with Gasteiger partial charge in [0.05, 0.1) is 0 Å². The fourth-order valence-electron chi connectivity index (χ4n) is 9.17. The van der Waals surface area contributed by atoms with Crippen molar-refractivity contribution in [3.8, 4) is 22.3 Å². The molecule has 7 aromatic rings. The molecule has 2 nitrogen and oxygen atoms in total. The van der Waals surface area contributed by atoms with E-state index in [0.29, 0.717) is 0 Å². The Balaban J connectivity index is 1.29. The third kappa shape index (κ3) is 4.69. The van der Waals surface area contributed by atoms with Gasteiger partial charge in [0, 0.05) is 38.7 Å². The van der Waals surface area contributed by atoms with Gasteiger partial charge in [-0.05, 0) is 115 Å². The average molecular weight is 680 g/mol. The summed E-state index contributed by atoms with van der Waals surface area (Å²) in [5.41, 5.74) is 18.5. The number of hydrogen-bond donors (Lipinski definition) is 0. The Hall–Kier alpha value is -5.08. The molecule has 2 aliphatic rings. The number of benzene rings is 6. The largest absolute Gasteiger partial charge is 0.456 e. The summed E-state index contributed by atoms with van der Waals surface area (Å²) in [6.45, 7) is 23.3. The highest BCUT2D eigenvalue weighted by atomic mass is 16.3. The van der Waals surface area contributed by atoms with Crippen molar-refractivity contribution < 1.29 is 4.42 Å². The molecule has 260 valence electrons. The van der Waals surface area contributed by atoms with Crippen LogP contribution < -0.4 is 4.90 Å².